The minimum Gasteiger partial charge on any atom is -0.481 e. The molecule has 0 radical (unpaired) electrons. The lowest BCUT2D eigenvalue weighted by Gasteiger charge is -2.12. The van der Waals surface area contributed by atoms with Crippen LogP contribution >= 0.6 is 0 Å². The van der Waals surface area contributed by atoms with Crippen LogP contribution in [-0.4, -0.2) is 26.9 Å². The number of hydrogen-bond donors (Lipinski definition) is 2. The van der Waals surface area contributed by atoms with Crippen molar-refractivity contribution < 1.29 is 14.3 Å². The SMILES string of the molecule is O=C(O)[C@@H]1CC[C@H](NCc2cn(-c3ccccc3)nc2-c2ccc(F)cc2)C1. The van der Waals surface area contributed by atoms with Crippen molar-refractivity contribution in [2.45, 2.75) is 31.8 Å². The number of rotatable bonds is 6. The third-order valence-corrected chi connectivity index (χ3v) is 5.29. The summed E-state index contributed by atoms with van der Waals surface area (Å²) >= 11 is 0. The Bertz CT molecular complexity index is 954. The van der Waals surface area contributed by atoms with Gasteiger partial charge in [-0.15, -0.1) is 0 Å². The Morgan fingerprint density at radius 3 is 2.57 bits per heavy atom. The van der Waals surface area contributed by atoms with Gasteiger partial charge in [-0.25, -0.2) is 9.07 Å². The largest absolute Gasteiger partial charge is 0.481 e. The summed E-state index contributed by atoms with van der Waals surface area (Å²) in [7, 11) is 0. The predicted molar refractivity (Wildman–Crippen MR) is 105 cm³/mol. The summed E-state index contributed by atoms with van der Waals surface area (Å²) in [5, 5.41) is 17.4. The second-order valence-electron chi connectivity index (χ2n) is 7.22. The lowest BCUT2D eigenvalue weighted by molar-refractivity contribution is -0.141. The molecule has 28 heavy (non-hydrogen) atoms. The summed E-state index contributed by atoms with van der Waals surface area (Å²) in [6, 6.07) is 16.3. The molecule has 5 nitrogen and oxygen atoms in total. The molecule has 1 saturated carbocycles. The second kappa shape index (κ2) is 7.94. The quantitative estimate of drug-likeness (QED) is 0.679. The molecule has 2 N–H and O–H groups in total. The summed E-state index contributed by atoms with van der Waals surface area (Å²) in [4.78, 5) is 11.2. The Hall–Kier alpha value is -2.99. The fourth-order valence-electron chi connectivity index (χ4n) is 3.75. The van der Waals surface area contributed by atoms with Gasteiger partial charge >= 0.3 is 5.97 Å². The normalized spacial score (nSPS) is 19.0. The van der Waals surface area contributed by atoms with E-state index in [0.29, 0.717) is 19.4 Å². The van der Waals surface area contributed by atoms with Gasteiger partial charge in [0, 0.05) is 29.9 Å². The van der Waals surface area contributed by atoms with Crippen molar-refractivity contribution in [1.29, 1.82) is 0 Å². The topological polar surface area (TPSA) is 67.2 Å². The minimum absolute atomic E-state index is 0.183. The number of carboxylic acids is 1. The molecule has 0 unspecified atom stereocenters. The smallest absolute Gasteiger partial charge is 0.306 e. The van der Waals surface area contributed by atoms with Gasteiger partial charge in [0.15, 0.2) is 0 Å². The number of aliphatic carboxylic acids is 1. The van der Waals surface area contributed by atoms with Gasteiger partial charge in [0.2, 0.25) is 0 Å². The molecule has 0 spiro atoms. The number of nitrogens with zero attached hydrogens (tertiary/aromatic N) is 2. The number of para-hydroxylation sites is 1. The first-order valence-corrected chi connectivity index (χ1v) is 9.46. The Kier molecular flexibility index (Phi) is 5.21. The summed E-state index contributed by atoms with van der Waals surface area (Å²) < 4.78 is 15.2. The zero-order valence-electron chi connectivity index (χ0n) is 15.4. The summed E-state index contributed by atoms with van der Waals surface area (Å²) in [5.41, 5.74) is 3.59. The summed E-state index contributed by atoms with van der Waals surface area (Å²) in [6.45, 7) is 0.580. The Labute approximate surface area is 162 Å². The van der Waals surface area contributed by atoms with Crippen LogP contribution in [0.4, 0.5) is 4.39 Å². The highest BCUT2D eigenvalue weighted by Crippen LogP contribution is 2.28. The molecular formula is C22H22FN3O2. The van der Waals surface area contributed by atoms with Crippen molar-refractivity contribution in [1.82, 2.24) is 15.1 Å². The number of carboxylic acid groups (broad SMARTS) is 1. The van der Waals surface area contributed by atoms with Crippen molar-refractivity contribution in [2.75, 3.05) is 0 Å². The molecule has 4 rings (SSSR count). The van der Waals surface area contributed by atoms with Gasteiger partial charge in [0.25, 0.3) is 0 Å². The number of halogens is 1. The van der Waals surface area contributed by atoms with Gasteiger partial charge < -0.3 is 10.4 Å². The zero-order chi connectivity index (χ0) is 19.5. The average Bonchev–Trinajstić information content (AvgIpc) is 3.35. The lowest BCUT2D eigenvalue weighted by Crippen LogP contribution is -2.26. The summed E-state index contributed by atoms with van der Waals surface area (Å²) in [6.07, 6.45) is 4.19. The Morgan fingerprint density at radius 1 is 1.14 bits per heavy atom. The van der Waals surface area contributed by atoms with Crippen LogP contribution < -0.4 is 5.32 Å². The van der Waals surface area contributed by atoms with Gasteiger partial charge in [-0.05, 0) is 55.7 Å². The molecule has 3 aromatic rings. The van der Waals surface area contributed by atoms with E-state index in [1.165, 1.54) is 12.1 Å². The number of nitrogens with one attached hydrogen (secondary N) is 1. The van der Waals surface area contributed by atoms with Crippen LogP contribution in [0.1, 0.15) is 24.8 Å². The van der Waals surface area contributed by atoms with Crippen LogP contribution in [0.2, 0.25) is 0 Å². The highest BCUT2D eigenvalue weighted by molar-refractivity contribution is 5.70. The molecule has 144 valence electrons. The van der Waals surface area contributed by atoms with E-state index in [1.807, 2.05) is 41.2 Å². The molecule has 1 heterocycles. The maximum Gasteiger partial charge on any atom is 0.306 e. The monoisotopic (exact) mass is 379 g/mol. The molecule has 2 atom stereocenters. The molecule has 0 saturated heterocycles. The van der Waals surface area contributed by atoms with Crippen LogP contribution in [0.5, 0.6) is 0 Å². The first-order valence-electron chi connectivity index (χ1n) is 9.46. The van der Waals surface area contributed by atoms with Crippen molar-refractivity contribution in [3.05, 3.63) is 72.2 Å². The van der Waals surface area contributed by atoms with Crippen LogP contribution in [-0.2, 0) is 11.3 Å². The molecular weight excluding hydrogens is 357 g/mol. The molecule has 2 aromatic carbocycles. The van der Waals surface area contributed by atoms with Crippen molar-refractivity contribution in [2.24, 2.45) is 5.92 Å². The van der Waals surface area contributed by atoms with E-state index in [2.05, 4.69) is 5.32 Å². The standard InChI is InChI=1S/C22H22FN3O2/c23-18-9-6-15(7-10-18)21-17(13-24-19-11-8-16(12-19)22(27)28)14-26(25-21)20-4-2-1-3-5-20/h1-7,9-10,14,16,19,24H,8,11-13H2,(H,27,28)/t16-,19+/m1/s1. The van der Waals surface area contributed by atoms with Gasteiger partial charge in [0.1, 0.15) is 5.82 Å². The minimum atomic E-state index is -0.715. The number of aromatic nitrogens is 2. The van der Waals surface area contributed by atoms with E-state index in [4.69, 9.17) is 5.10 Å². The van der Waals surface area contributed by atoms with Gasteiger partial charge in [-0.2, -0.15) is 5.10 Å². The predicted octanol–water partition coefficient (Wildman–Crippen LogP) is 4.02. The molecule has 0 aliphatic heterocycles. The third-order valence-electron chi connectivity index (χ3n) is 5.29. The number of benzene rings is 2. The van der Waals surface area contributed by atoms with E-state index >= 15 is 0 Å². The molecule has 1 aromatic heterocycles. The zero-order valence-corrected chi connectivity index (χ0v) is 15.4. The average molecular weight is 379 g/mol. The van der Waals surface area contributed by atoms with E-state index in [-0.39, 0.29) is 17.8 Å². The Balaban J connectivity index is 1.58. The van der Waals surface area contributed by atoms with Crippen LogP contribution in [0.15, 0.2) is 60.8 Å². The molecule has 6 heteroatoms. The Morgan fingerprint density at radius 2 is 1.89 bits per heavy atom. The molecule has 0 bridgehead atoms. The van der Waals surface area contributed by atoms with Crippen LogP contribution in [0, 0.1) is 11.7 Å². The van der Waals surface area contributed by atoms with Gasteiger partial charge in [0.05, 0.1) is 17.3 Å². The van der Waals surface area contributed by atoms with E-state index in [0.717, 1.165) is 28.9 Å². The van der Waals surface area contributed by atoms with E-state index < -0.39 is 5.97 Å². The highest BCUT2D eigenvalue weighted by atomic mass is 19.1. The lowest BCUT2D eigenvalue weighted by atomic mass is 10.1. The fraction of sp³-hybridized carbons (Fsp3) is 0.273. The highest BCUT2D eigenvalue weighted by Gasteiger charge is 2.29. The van der Waals surface area contributed by atoms with Crippen molar-refractivity contribution in [3.63, 3.8) is 0 Å². The fourth-order valence-corrected chi connectivity index (χ4v) is 3.75. The maximum atomic E-state index is 13.3. The van der Waals surface area contributed by atoms with E-state index in [9.17, 15) is 14.3 Å². The molecule has 1 fully saturated rings. The first kappa shape index (κ1) is 18.4. The van der Waals surface area contributed by atoms with Crippen LogP contribution in [0.25, 0.3) is 16.9 Å². The maximum absolute atomic E-state index is 13.3. The third kappa shape index (κ3) is 3.97. The van der Waals surface area contributed by atoms with Crippen molar-refractivity contribution >= 4 is 5.97 Å². The number of carbonyl (C=O) groups is 1. The van der Waals surface area contributed by atoms with E-state index in [1.54, 1.807) is 12.1 Å². The first-order chi connectivity index (χ1) is 13.6. The van der Waals surface area contributed by atoms with Gasteiger partial charge in [-0.3, -0.25) is 4.79 Å². The second-order valence-corrected chi connectivity index (χ2v) is 7.22. The molecule has 1 aliphatic carbocycles. The molecule has 1 aliphatic rings. The summed E-state index contributed by atoms with van der Waals surface area (Å²) in [5.74, 6) is -1.26. The van der Waals surface area contributed by atoms with Gasteiger partial charge in [-0.1, -0.05) is 18.2 Å². The molecule has 0 amide bonds. The van der Waals surface area contributed by atoms with Crippen molar-refractivity contribution in [3.8, 4) is 16.9 Å². The van der Waals surface area contributed by atoms with Crippen LogP contribution in [0.3, 0.4) is 0 Å². The number of hydrogen-bond acceptors (Lipinski definition) is 3.